The van der Waals surface area contributed by atoms with Crippen molar-refractivity contribution in [3.63, 3.8) is 0 Å². The Morgan fingerprint density at radius 1 is 1.05 bits per heavy atom. The fraction of sp³-hybridized carbons (Fsp3) is 0.846. The van der Waals surface area contributed by atoms with Crippen molar-refractivity contribution in [2.24, 2.45) is 0 Å². The monoisotopic (exact) mass is 338 g/mol. The standard InChI is InChI=1S/C13H20F2N2O4S/c14-13(15,10(18)19)12(21)2-1-4-16(5-3-12)11(20)17-6-8-22-9-7-17/h21H,1-9H2,(H,18,19). The number of carbonyl (C=O) groups is 2. The number of hydrogen-bond acceptors (Lipinski definition) is 4. The van der Waals surface area contributed by atoms with Crippen molar-refractivity contribution in [3.05, 3.63) is 0 Å². The first-order valence-corrected chi connectivity index (χ1v) is 8.38. The molecule has 0 saturated carbocycles. The summed E-state index contributed by atoms with van der Waals surface area (Å²) >= 11 is 1.76. The van der Waals surface area contributed by atoms with Gasteiger partial charge in [0, 0.05) is 44.1 Å². The van der Waals surface area contributed by atoms with Gasteiger partial charge >= 0.3 is 17.9 Å². The summed E-state index contributed by atoms with van der Waals surface area (Å²) in [6, 6.07) is -0.219. The number of carboxylic acids is 1. The average Bonchev–Trinajstić information content (AvgIpc) is 2.70. The summed E-state index contributed by atoms with van der Waals surface area (Å²) in [5, 5.41) is 18.7. The molecule has 2 N–H and O–H groups in total. The van der Waals surface area contributed by atoms with E-state index in [1.807, 2.05) is 0 Å². The number of aliphatic hydroxyl groups is 1. The van der Waals surface area contributed by atoms with Gasteiger partial charge in [0.1, 0.15) is 5.60 Å². The third-order valence-electron chi connectivity index (χ3n) is 4.22. The third-order valence-corrected chi connectivity index (χ3v) is 5.16. The zero-order valence-corrected chi connectivity index (χ0v) is 12.9. The molecule has 126 valence electrons. The van der Waals surface area contributed by atoms with E-state index in [1.165, 1.54) is 4.90 Å². The van der Waals surface area contributed by atoms with Gasteiger partial charge in [-0.05, 0) is 12.8 Å². The van der Waals surface area contributed by atoms with Gasteiger partial charge in [-0.15, -0.1) is 0 Å². The number of aliphatic carboxylic acids is 1. The quantitative estimate of drug-likeness (QED) is 0.788. The van der Waals surface area contributed by atoms with E-state index in [-0.39, 0.29) is 32.0 Å². The number of likely N-dealkylation sites (tertiary alicyclic amines) is 1. The van der Waals surface area contributed by atoms with Gasteiger partial charge < -0.3 is 20.0 Å². The summed E-state index contributed by atoms with van der Waals surface area (Å²) in [6.45, 7) is 1.42. The van der Waals surface area contributed by atoms with Gasteiger partial charge in [0.05, 0.1) is 0 Å². The van der Waals surface area contributed by atoms with Crippen molar-refractivity contribution in [2.75, 3.05) is 37.7 Å². The Bertz CT molecular complexity index is 446. The molecule has 2 heterocycles. The van der Waals surface area contributed by atoms with Crippen LogP contribution in [0.1, 0.15) is 19.3 Å². The van der Waals surface area contributed by atoms with Crippen LogP contribution in [-0.2, 0) is 4.79 Å². The third kappa shape index (κ3) is 3.29. The largest absolute Gasteiger partial charge is 0.477 e. The van der Waals surface area contributed by atoms with Crippen LogP contribution >= 0.6 is 11.8 Å². The molecule has 0 spiro atoms. The summed E-state index contributed by atoms with van der Waals surface area (Å²) in [6.07, 6.45) is -0.639. The minimum Gasteiger partial charge on any atom is -0.477 e. The molecule has 2 rings (SSSR count). The molecule has 0 bridgehead atoms. The molecule has 2 aliphatic heterocycles. The number of carboxylic acid groups (broad SMARTS) is 1. The molecule has 0 radical (unpaired) electrons. The maximum Gasteiger partial charge on any atom is 0.377 e. The van der Waals surface area contributed by atoms with E-state index in [4.69, 9.17) is 5.11 Å². The fourth-order valence-electron chi connectivity index (χ4n) is 2.78. The van der Waals surface area contributed by atoms with Crippen molar-refractivity contribution in [1.29, 1.82) is 0 Å². The first-order chi connectivity index (χ1) is 10.3. The molecular formula is C13H20F2N2O4S. The molecule has 2 fully saturated rings. The van der Waals surface area contributed by atoms with Crippen molar-refractivity contribution >= 4 is 23.8 Å². The lowest BCUT2D eigenvalue weighted by atomic mass is 9.88. The minimum absolute atomic E-state index is 0.0676. The van der Waals surface area contributed by atoms with E-state index in [0.717, 1.165) is 11.5 Å². The van der Waals surface area contributed by atoms with E-state index in [1.54, 1.807) is 16.7 Å². The van der Waals surface area contributed by atoms with Gasteiger partial charge in [-0.2, -0.15) is 20.5 Å². The average molecular weight is 338 g/mol. The maximum absolute atomic E-state index is 13.7. The summed E-state index contributed by atoms with van der Waals surface area (Å²) in [5.74, 6) is -4.85. The molecule has 0 aromatic carbocycles. The van der Waals surface area contributed by atoms with Gasteiger partial charge in [0.15, 0.2) is 0 Å². The highest BCUT2D eigenvalue weighted by Crippen LogP contribution is 2.37. The van der Waals surface area contributed by atoms with Crippen molar-refractivity contribution in [3.8, 4) is 0 Å². The molecule has 9 heteroatoms. The normalized spacial score (nSPS) is 27.4. The van der Waals surface area contributed by atoms with Gasteiger partial charge in [-0.1, -0.05) is 0 Å². The predicted molar refractivity (Wildman–Crippen MR) is 77.3 cm³/mol. The Morgan fingerprint density at radius 2 is 1.64 bits per heavy atom. The number of hydrogen-bond donors (Lipinski definition) is 2. The molecular weight excluding hydrogens is 318 g/mol. The molecule has 0 aromatic rings. The molecule has 2 aliphatic rings. The molecule has 1 atom stereocenters. The van der Waals surface area contributed by atoms with Crippen LogP contribution in [0.3, 0.4) is 0 Å². The van der Waals surface area contributed by atoms with Gasteiger partial charge in [-0.25, -0.2) is 9.59 Å². The fourth-order valence-corrected chi connectivity index (χ4v) is 3.68. The van der Waals surface area contributed by atoms with Crippen LogP contribution in [0.15, 0.2) is 0 Å². The van der Waals surface area contributed by atoms with E-state index >= 15 is 0 Å². The van der Waals surface area contributed by atoms with Crippen LogP contribution in [0, 0.1) is 0 Å². The predicted octanol–water partition coefficient (Wildman–Crippen LogP) is 1.09. The van der Waals surface area contributed by atoms with Crippen LogP contribution < -0.4 is 0 Å². The number of urea groups is 1. The Kier molecular flexibility index (Phi) is 5.16. The van der Waals surface area contributed by atoms with Crippen LogP contribution in [0.5, 0.6) is 0 Å². The highest BCUT2D eigenvalue weighted by Gasteiger charge is 2.58. The van der Waals surface area contributed by atoms with Crippen LogP contribution in [0.4, 0.5) is 13.6 Å². The number of carbonyl (C=O) groups excluding carboxylic acids is 1. The Balaban J connectivity index is 2.03. The van der Waals surface area contributed by atoms with Crippen LogP contribution in [-0.4, -0.2) is 81.2 Å². The Morgan fingerprint density at radius 3 is 2.23 bits per heavy atom. The molecule has 22 heavy (non-hydrogen) atoms. The second kappa shape index (κ2) is 6.57. The van der Waals surface area contributed by atoms with Crippen molar-refractivity contribution in [2.45, 2.75) is 30.8 Å². The van der Waals surface area contributed by atoms with Crippen LogP contribution in [0.2, 0.25) is 0 Å². The number of rotatable bonds is 2. The first kappa shape index (κ1) is 17.3. The highest BCUT2D eigenvalue weighted by atomic mass is 32.2. The molecule has 6 nitrogen and oxygen atoms in total. The summed E-state index contributed by atoms with van der Waals surface area (Å²) in [5.41, 5.74) is -2.61. The summed E-state index contributed by atoms with van der Waals surface area (Å²) in [7, 11) is 0. The number of halogens is 2. The molecule has 1 unspecified atom stereocenters. The second-order valence-electron chi connectivity index (χ2n) is 5.63. The topological polar surface area (TPSA) is 81.1 Å². The summed E-state index contributed by atoms with van der Waals surface area (Å²) in [4.78, 5) is 26.2. The number of thioether (sulfide) groups is 1. The number of amides is 2. The lowest BCUT2D eigenvalue weighted by molar-refractivity contribution is -0.211. The van der Waals surface area contributed by atoms with E-state index in [9.17, 15) is 23.5 Å². The minimum atomic E-state index is -4.21. The second-order valence-corrected chi connectivity index (χ2v) is 6.86. The van der Waals surface area contributed by atoms with Gasteiger partial charge in [0.25, 0.3) is 0 Å². The lowest BCUT2D eigenvalue weighted by Gasteiger charge is -2.33. The Labute approximate surface area is 131 Å². The SMILES string of the molecule is O=C(N1CCSCC1)N1CCCC(O)(C(F)(F)C(=O)O)CC1. The maximum atomic E-state index is 13.7. The molecule has 0 aromatic heterocycles. The number of nitrogens with zero attached hydrogens (tertiary/aromatic N) is 2. The van der Waals surface area contributed by atoms with Gasteiger partial charge in [-0.3, -0.25) is 0 Å². The summed E-state index contributed by atoms with van der Waals surface area (Å²) < 4.78 is 27.4. The Hall–Kier alpha value is -1.09. The molecule has 2 saturated heterocycles. The lowest BCUT2D eigenvalue weighted by Crippen LogP contribution is -2.54. The first-order valence-electron chi connectivity index (χ1n) is 7.23. The van der Waals surface area contributed by atoms with Gasteiger partial charge in [0.2, 0.25) is 0 Å². The molecule has 0 aliphatic carbocycles. The zero-order valence-electron chi connectivity index (χ0n) is 12.1. The van der Waals surface area contributed by atoms with Crippen molar-refractivity contribution < 1.29 is 28.6 Å². The van der Waals surface area contributed by atoms with Crippen LogP contribution in [0.25, 0.3) is 0 Å². The smallest absolute Gasteiger partial charge is 0.377 e. The van der Waals surface area contributed by atoms with E-state index in [0.29, 0.717) is 13.1 Å². The van der Waals surface area contributed by atoms with E-state index in [2.05, 4.69) is 0 Å². The molecule has 2 amide bonds. The zero-order chi connectivity index (χ0) is 16.4. The van der Waals surface area contributed by atoms with E-state index < -0.39 is 23.9 Å². The highest BCUT2D eigenvalue weighted by molar-refractivity contribution is 7.99. The number of alkyl halides is 2. The van der Waals surface area contributed by atoms with Crippen molar-refractivity contribution in [1.82, 2.24) is 9.80 Å².